The zero-order valence-electron chi connectivity index (χ0n) is 9.41. The molecule has 1 N–H and O–H groups in total. The lowest BCUT2D eigenvalue weighted by atomic mass is 10.2. The van der Waals surface area contributed by atoms with E-state index in [2.05, 4.69) is 9.97 Å². The zero-order valence-corrected chi connectivity index (χ0v) is 9.41. The Kier molecular flexibility index (Phi) is 2.90. The van der Waals surface area contributed by atoms with Crippen LogP contribution in [0.1, 0.15) is 30.0 Å². The second-order valence-corrected chi connectivity index (χ2v) is 3.50. The maximum absolute atomic E-state index is 11.5. The number of nitrogens with one attached hydrogen (secondary N) is 1. The number of esters is 1. The number of pyridine rings is 1. The number of aromatic amines is 1. The van der Waals surface area contributed by atoms with Crippen molar-refractivity contribution < 1.29 is 9.53 Å². The molecule has 2 aromatic rings. The van der Waals surface area contributed by atoms with Crippen molar-refractivity contribution >= 4 is 17.0 Å². The molecule has 2 heterocycles. The van der Waals surface area contributed by atoms with Crippen LogP contribution in [0.4, 0.5) is 0 Å². The smallest absolute Gasteiger partial charge is 0.354 e. The third-order valence-electron chi connectivity index (χ3n) is 2.39. The summed E-state index contributed by atoms with van der Waals surface area (Å²) in [5.74, 6) is -0.335. The Morgan fingerprint density at radius 3 is 2.94 bits per heavy atom. The molecule has 0 atom stereocenters. The number of fused-ring (bicyclic) bond motifs is 1. The van der Waals surface area contributed by atoms with Gasteiger partial charge in [0.2, 0.25) is 0 Å². The average Bonchev–Trinajstić information content (AvgIpc) is 2.71. The van der Waals surface area contributed by atoms with E-state index in [0.717, 1.165) is 23.1 Å². The lowest BCUT2D eigenvalue weighted by molar-refractivity contribution is 0.0520. The fourth-order valence-electron chi connectivity index (χ4n) is 1.56. The summed E-state index contributed by atoms with van der Waals surface area (Å²) in [5, 5.41) is 0.931. The van der Waals surface area contributed by atoms with Gasteiger partial charge in [-0.2, -0.15) is 0 Å². The van der Waals surface area contributed by atoms with Crippen LogP contribution in [0.3, 0.4) is 0 Å². The summed E-state index contributed by atoms with van der Waals surface area (Å²) in [6.07, 6.45) is 0.879. The third kappa shape index (κ3) is 1.91. The van der Waals surface area contributed by atoms with Gasteiger partial charge in [-0.05, 0) is 31.5 Å². The fraction of sp³-hybridized carbons (Fsp3) is 0.333. The molecule has 4 nitrogen and oxygen atoms in total. The second-order valence-electron chi connectivity index (χ2n) is 3.50. The lowest BCUT2D eigenvalue weighted by Gasteiger charge is -1.96. The highest BCUT2D eigenvalue weighted by Crippen LogP contribution is 2.15. The molecular formula is C12H14N2O2. The molecule has 0 bridgehead atoms. The van der Waals surface area contributed by atoms with Gasteiger partial charge in [0.25, 0.3) is 0 Å². The van der Waals surface area contributed by atoms with Crippen LogP contribution in [0.25, 0.3) is 11.0 Å². The Morgan fingerprint density at radius 2 is 2.25 bits per heavy atom. The van der Waals surface area contributed by atoms with Gasteiger partial charge in [0, 0.05) is 11.1 Å². The number of nitrogens with zero attached hydrogens (tertiary/aromatic N) is 1. The van der Waals surface area contributed by atoms with Gasteiger partial charge in [0.15, 0.2) is 0 Å². The average molecular weight is 218 g/mol. The summed E-state index contributed by atoms with van der Waals surface area (Å²) in [6, 6.07) is 5.69. The number of hydrogen-bond acceptors (Lipinski definition) is 3. The van der Waals surface area contributed by atoms with Gasteiger partial charge in [0.1, 0.15) is 11.3 Å². The molecule has 0 amide bonds. The Morgan fingerprint density at radius 1 is 1.44 bits per heavy atom. The third-order valence-corrected chi connectivity index (χ3v) is 2.39. The van der Waals surface area contributed by atoms with Crippen LogP contribution < -0.4 is 0 Å². The first kappa shape index (κ1) is 10.7. The molecule has 0 saturated carbocycles. The minimum absolute atomic E-state index is 0.335. The van der Waals surface area contributed by atoms with Crippen LogP contribution in [0.2, 0.25) is 0 Å². The number of ether oxygens (including phenoxy) is 1. The maximum Gasteiger partial charge on any atom is 0.354 e. The summed E-state index contributed by atoms with van der Waals surface area (Å²) in [4.78, 5) is 18.9. The van der Waals surface area contributed by atoms with Crippen molar-refractivity contribution in [3.63, 3.8) is 0 Å². The van der Waals surface area contributed by atoms with E-state index in [1.807, 2.05) is 19.1 Å². The molecule has 0 aliphatic carbocycles. The van der Waals surface area contributed by atoms with Crippen LogP contribution >= 0.6 is 0 Å². The van der Waals surface area contributed by atoms with Crippen LogP contribution in [0.15, 0.2) is 18.2 Å². The quantitative estimate of drug-likeness (QED) is 0.804. The molecule has 2 rings (SSSR count). The molecule has 0 aliphatic heterocycles. The summed E-state index contributed by atoms with van der Waals surface area (Å²) >= 11 is 0. The van der Waals surface area contributed by atoms with Crippen LogP contribution in [-0.2, 0) is 11.2 Å². The first-order valence-corrected chi connectivity index (χ1v) is 5.40. The standard InChI is InChI=1S/C12H14N2O2/c1-3-9-6-5-8-7-10(12(15)16-4-2)14-11(8)13-9/h5-7H,3-4H2,1-2H3,(H,13,14). The molecule has 2 aromatic heterocycles. The molecule has 0 unspecified atom stereocenters. The van der Waals surface area contributed by atoms with Crippen molar-refractivity contribution in [2.45, 2.75) is 20.3 Å². The van der Waals surface area contributed by atoms with Crippen molar-refractivity contribution in [1.82, 2.24) is 9.97 Å². The van der Waals surface area contributed by atoms with E-state index in [1.54, 1.807) is 13.0 Å². The van der Waals surface area contributed by atoms with E-state index in [4.69, 9.17) is 4.74 Å². The maximum atomic E-state index is 11.5. The Hall–Kier alpha value is -1.84. The minimum atomic E-state index is -0.335. The van der Waals surface area contributed by atoms with E-state index in [0.29, 0.717) is 12.3 Å². The monoisotopic (exact) mass is 218 g/mol. The number of carbonyl (C=O) groups excluding carboxylic acids is 1. The van der Waals surface area contributed by atoms with Crippen molar-refractivity contribution in [1.29, 1.82) is 0 Å². The normalized spacial score (nSPS) is 10.6. The predicted molar refractivity (Wildman–Crippen MR) is 61.4 cm³/mol. The number of aryl methyl sites for hydroxylation is 1. The first-order valence-electron chi connectivity index (χ1n) is 5.40. The Labute approximate surface area is 93.6 Å². The summed E-state index contributed by atoms with van der Waals surface area (Å²) in [7, 11) is 0. The Bertz CT molecular complexity index is 517. The van der Waals surface area contributed by atoms with Gasteiger partial charge in [-0.25, -0.2) is 9.78 Å². The first-order chi connectivity index (χ1) is 7.74. The van der Waals surface area contributed by atoms with Crippen molar-refractivity contribution in [2.75, 3.05) is 6.61 Å². The molecule has 0 spiro atoms. The van der Waals surface area contributed by atoms with Crippen molar-refractivity contribution in [2.24, 2.45) is 0 Å². The van der Waals surface area contributed by atoms with Gasteiger partial charge < -0.3 is 9.72 Å². The number of hydrogen-bond donors (Lipinski definition) is 1. The topological polar surface area (TPSA) is 55.0 Å². The molecule has 4 heteroatoms. The molecule has 0 saturated heterocycles. The van der Waals surface area contributed by atoms with Crippen LogP contribution in [-0.4, -0.2) is 22.5 Å². The summed E-state index contributed by atoms with van der Waals surface area (Å²) in [5.41, 5.74) is 2.20. The number of carbonyl (C=O) groups is 1. The molecule has 84 valence electrons. The molecular weight excluding hydrogens is 204 g/mol. The minimum Gasteiger partial charge on any atom is -0.461 e. The van der Waals surface area contributed by atoms with E-state index >= 15 is 0 Å². The van der Waals surface area contributed by atoms with E-state index in [1.165, 1.54) is 0 Å². The highest BCUT2D eigenvalue weighted by molar-refractivity contribution is 5.93. The number of H-pyrrole nitrogens is 1. The van der Waals surface area contributed by atoms with Gasteiger partial charge in [-0.1, -0.05) is 6.92 Å². The largest absolute Gasteiger partial charge is 0.461 e. The summed E-state index contributed by atoms with van der Waals surface area (Å²) in [6.45, 7) is 4.21. The van der Waals surface area contributed by atoms with Gasteiger partial charge in [-0.3, -0.25) is 0 Å². The van der Waals surface area contributed by atoms with Gasteiger partial charge in [0.05, 0.1) is 6.61 Å². The lowest BCUT2D eigenvalue weighted by Crippen LogP contribution is -2.04. The molecule has 0 fully saturated rings. The molecule has 0 aromatic carbocycles. The van der Waals surface area contributed by atoms with E-state index in [9.17, 15) is 4.79 Å². The second kappa shape index (κ2) is 4.35. The highest BCUT2D eigenvalue weighted by atomic mass is 16.5. The van der Waals surface area contributed by atoms with Crippen molar-refractivity contribution in [3.8, 4) is 0 Å². The summed E-state index contributed by atoms with van der Waals surface area (Å²) < 4.78 is 4.92. The molecule has 0 aliphatic rings. The fourth-order valence-corrected chi connectivity index (χ4v) is 1.56. The van der Waals surface area contributed by atoms with Gasteiger partial charge >= 0.3 is 5.97 Å². The SMILES string of the molecule is CCOC(=O)c1cc2ccc(CC)nc2[nH]1. The van der Waals surface area contributed by atoms with Crippen LogP contribution in [0.5, 0.6) is 0 Å². The van der Waals surface area contributed by atoms with Crippen molar-refractivity contribution in [3.05, 3.63) is 29.6 Å². The van der Waals surface area contributed by atoms with Crippen LogP contribution in [0, 0.1) is 0 Å². The highest BCUT2D eigenvalue weighted by Gasteiger charge is 2.10. The Balaban J connectivity index is 2.39. The molecule has 0 radical (unpaired) electrons. The van der Waals surface area contributed by atoms with E-state index in [-0.39, 0.29) is 5.97 Å². The number of aromatic nitrogens is 2. The molecule has 16 heavy (non-hydrogen) atoms. The predicted octanol–water partition coefficient (Wildman–Crippen LogP) is 2.30. The number of rotatable bonds is 3. The van der Waals surface area contributed by atoms with E-state index < -0.39 is 0 Å². The van der Waals surface area contributed by atoms with Gasteiger partial charge in [-0.15, -0.1) is 0 Å². The zero-order chi connectivity index (χ0) is 11.5.